The molecule has 0 saturated heterocycles. The van der Waals surface area contributed by atoms with Crippen LogP contribution in [0, 0.1) is 0 Å². The van der Waals surface area contributed by atoms with Crippen LogP contribution in [-0.4, -0.2) is 43.0 Å². The number of hydrogen-bond donors (Lipinski definition) is 0. The predicted octanol–water partition coefficient (Wildman–Crippen LogP) is 2.48. The van der Waals surface area contributed by atoms with Crippen LogP contribution in [0.25, 0.3) is 0 Å². The van der Waals surface area contributed by atoms with Gasteiger partial charge >= 0.3 is 0 Å². The molecule has 0 aliphatic heterocycles. The fourth-order valence-electron chi connectivity index (χ4n) is 0.701. The summed E-state index contributed by atoms with van der Waals surface area (Å²) >= 11 is 3.87. The average Bonchev–Trinajstić information content (AvgIpc) is 2.16. The van der Waals surface area contributed by atoms with Crippen molar-refractivity contribution >= 4 is 23.5 Å². The van der Waals surface area contributed by atoms with Crippen molar-refractivity contribution in [3.8, 4) is 0 Å². The summed E-state index contributed by atoms with van der Waals surface area (Å²) < 4.78 is 10.4. The fourth-order valence-corrected chi connectivity index (χ4v) is 2.59. The Kier molecular flexibility index (Phi) is 13.2. The molecule has 0 saturated carbocycles. The molecule has 0 aromatic carbocycles. The van der Waals surface area contributed by atoms with Gasteiger partial charge in [0.25, 0.3) is 0 Å². The molecule has 80 valence electrons. The summed E-state index contributed by atoms with van der Waals surface area (Å²) in [5.41, 5.74) is 0. The molecule has 4 heteroatoms. The largest absolute Gasteiger partial charge is 0.381 e. The van der Waals surface area contributed by atoms with Crippen LogP contribution in [0.15, 0.2) is 0 Å². The number of rotatable bonds is 10. The zero-order valence-corrected chi connectivity index (χ0v) is 10.2. The molecule has 0 fully saturated rings. The molecule has 0 aromatic rings. The Morgan fingerprint density at radius 1 is 0.846 bits per heavy atom. The van der Waals surface area contributed by atoms with E-state index in [2.05, 4.69) is 0 Å². The van der Waals surface area contributed by atoms with Gasteiger partial charge in [0, 0.05) is 29.8 Å². The molecular weight excluding hydrogens is 204 g/mol. The second-order valence-corrected chi connectivity index (χ2v) is 4.90. The lowest BCUT2D eigenvalue weighted by atomic mass is 10.8. The molecule has 0 aromatic heterocycles. The van der Waals surface area contributed by atoms with Crippen LogP contribution in [0.4, 0.5) is 0 Å². The van der Waals surface area contributed by atoms with Crippen LogP contribution in [0.1, 0.15) is 13.8 Å². The molecule has 0 unspecified atom stereocenters. The van der Waals surface area contributed by atoms with Crippen molar-refractivity contribution in [1.29, 1.82) is 0 Å². The first kappa shape index (κ1) is 13.6. The van der Waals surface area contributed by atoms with Crippen LogP contribution in [0.5, 0.6) is 0 Å². The molecule has 0 spiro atoms. The summed E-state index contributed by atoms with van der Waals surface area (Å²) in [7, 11) is 0. The summed E-state index contributed by atoms with van der Waals surface area (Å²) in [5, 5.41) is 1.15. The normalized spacial score (nSPS) is 10.6. The second-order valence-electron chi connectivity index (χ2n) is 2.33. The Morgan fingerprint density at radius 2 is 1.31 bits per heavy atom. The molecule has 0 aliphatic carbocycles. The van der Waals surface area contributed by atoms with E-state index in [1.54, 1.807) is 0 Å². The Labute approximate surface area is 90.1 Å². The third-order valence-electron chi connectivity index (χ3n) is 1.32. The van der Waals surface area contributed by atoms with Gasteiger partial charge in [-0.05, 0) is 13.8 Å². The predicted molar refractivity (Wildman–Crippen MR) is 62.8 cm³/mol. The maximum absolute atomic E-state index is 5.22. The summed E-state index contributed by atoms with van der Waals surface area (Å²) in [5.74, 6) is 2.21. The van der Waals surface area contributed by atoms with Crippen molar-refractivity contribution in [3.05, 3.63) is 0 Å². The van der Waals surface area contributed by atoms with Crippen LogP contribution in [0.2, 0.25) is 0 Å². The standard InChI is InChI=1S/C9H20O2S2/c1-3-10-5-7-12-9-13-8-6-11-4-2/h3-9H2,1-2H3. The molecule has 0 bridgehead atoms. The van der Waals surface area contributed by atoms with Crippen molar-refractivity contribution in [2.24, 2.45) is 0 Å². The van der Waals surface area contributed by atoms with E-state index in [0.29, 0.717) is 0 Å². The summed E-state index contributed by atoms with van der Waals surface area (Å²) in [4.78, 5) is 0. The first-order valence-electron chi connectivity index (χ1n) is 4.72. The molecule has 0 rings (SSSR count). The highest BCUT2D eigenvalue weighted by Gasteiger charge is 1.90. The van der Waals surface area contributed by atoms with E-state index in [0.717, 1.165) is 43.0 Å². The van der Waals surface area contributed by atoms with Gasteiger partial charge in [-0.1, -0.05) is 0 Å². The van der Waals surface area contributed by atoms with Gasteiger partial charge in [0.2, 0.25) is 0 Å². The fraction of sp³-hybridized carbons (Fsp3) is 1.00. The maximum Gasteiger partial charge on any atom is 0.0556 e. The minimum atomic E-state index is 0.831. The Bertz CT molecular complexity index is 81.7. The quantitative estimate of drug-likeness (QED) is 0.419. The van der Waals surface area contributed by atoms with E-state index in [-0.39, 0.29) is 0 Å². The van der Waals surface area contributed by atoms with Gasteiger partial charge in [0.05, 0.1) is 13.2 Å². The summed E-state index contributed by atoms with van der Waals surface area (Å²) in [6, 6.07) is 0. The highest BCUT2D eigenvalue weighted by atomic mass is 32.2. The lowest BCUT2D eigenvalue weighted by Gasteiger charge is -2.02. The topological polar surface area (TPSA) is 18.5 Å². The van der Waals surface area contributed by atoms with Gasteiger partial charge in [0.1, 0.15) is 0 Å². The Hall–Kier alpha value is 0.620. The first-order valence-corrected chi connectivity index (χ1v) is 7.03. The molecule has 0 aliphatic rings. The van der Waals surface area contributed by atoms with Gasteiger partial charge in [-0.2, -0.15) is 0 Å². The Balaban J connectivity index is 2.76. The SMILES string of the molecule is CCOCCSCSCCOCC. The summed E-state index contributed by atoms with van der Waals surface area (Å²) in [6.45, 7) is 7.49. The van der Waals surface area contributed by atoms with Crippen molar-refractivity contribution < 1.29 is 9.47 Å². The van der Waals surface area contributed by atoms with E-state index in [4.69, 9.17) is 9.47 Å². The number of ether oxygens (including phenoxy) is 2. The zero-order valence-electron chi connectivity index (χ0n) is 8.58. The molecule has 0 atom stereocenters. The highest BCUT2D eigenvalue weighted by molar-refractivity contribution is 8.15. The van der Waals surface area contributed by atoms with E-state index in [9.17, 15) is 0 Å². The van der Waals surface area contributed by atoms with Crippen molar-refractivity contribution in [2.75, 3.05) is 43.0 Å². The number of thioether (sulfide) groups is 2. The van der Waals surface area contributed by atoms with Crippen molar-refractivity contribution in [3.63, 3.8) is 0 Å². The first-order chi connectivity index (χ1) is 6.41. The second kappa shape index (κ2) is 12.6. The lowest BCUT2D eigenvalue weighted by Crippen LogP contribution is -1.98. The molecule has 0 heterocycles. The van der Waals surface area contributed by atoms with Gasteiger partial charge < -0.3 is 9.47 Å². The van der Waals surface area contributed by atoms with Crippen LogP contribution >= 0.6 is 23.5 Å². The average molecular weight is 224 g/mol. The third-order valence-corrected chi connectivity index (χ3v) is 3.56. The minimum Gasteiger partial charge on any atom is -0.381 e. The smallest absolute Gasteiger partial charge is 0.0556 e. The van der Waals surface area contributed by atoms with Crippen LogP contribution in [-0.2, 0) is 9.47 Å². The Morgan fingerprint density at radius 3 is 1.69 bits per heavy atom. The highest BCUT2D eigenvalue weighted by Crippen LogP contribution is 2.11. The monoisotopic (exact) mass is 224 g/mol. The van der Waals surface area contributed by atoms with Gasteiger partial charge in [-0.15, -0.1) is 23.5 Å². The molecule has 13 heavy (non-hydrogen) atoms. The van der Waals surface area contributed by atoms with Crippen LogP contribution < -0.4 is 0 Å². The van der Waals surface area contributed by atoms with Crippen molar-refractivity contribution in [2.45, 2.75) is 13.8 Å². The maximum atomic E-state index is 5.22. The summed E-state index contributed by atoms with van der Waals surface area (Å²) in [6.07, 6.45) is 0. The van der Waals surface area contributed by atoms with E-state index in [1.165, 1.54) is 0 Å². The molecular formula is C9H20O2S2. The van der Waals surface area contributed by atoms with Crippen molar-refractivity contribution in [1.82, 2.24) is 0 Å². The molecule has 0 N–H and O–H groups in total. The molecule has 0 amide bonds. The van der Waals surface area contributed by atoms with Crippen LogP contribution in [0.3, 0.4) is 0 Å². The number of hydrogen-bond acceptors (Lipinski definition) is 4. The lowest BCUT2D eigenvalue weighted by molar-refractivity contribution is 0.164. The third kappa shape index (κ3) is 12.6. The minimum absolute atomic E-state index is 0.831. The van der Waals surface area contributed by atoms with Gasteiger partial charge in [0.15, 0.2) is 0 Å². The van der Waals surface area contributed by atoms with E-state index < -0.39 is 0 Å². The van der Waals surface area contributed by atoms with Gasteiger partial charge in [-0.25, -0.2) is 0 Å². The molecule has 0 radical (unpaired) electrons. The van der Waals surface area contributed by atoms with Gasteiger partial charge in [-0.3, -0.25) is 0 Å². The molecule has 2 nitrogen and oxygen atoms in total. The van der Waals surface area contributed by atoms with E-state index in [1.807, 2.05) is 37.4 Å². The van der Waals surface area contributed by atoms with E-state index >= 15 is 0 Å². The zero-order chi connectivity index (χ0) is 9.78.